The van der Waals surface area contributed by atoms with Crippen LogP contribution in [0.2, 0.25) is 5.15 Å². The molecule has 0 aliphatic carbocycles. The Balaban J connectivity index is 3.24. The molecule has 0 aliphatic heterocycles. The fraction of sp³-hybridized carbons (Fsp3) is 0.429. The van der Waals surface area contributed by atoms with Gasteiger partial charge in [0.15, 0.2) is 11.0 Å². The molecule has 0 atom stereocenters. The molecule has 0 unspecified atom stereocenters. The van der Waals surface area contributed by atoms with Crippen LogP contribution < -0.4 is 11.3 Å². The van der Waals surface area contributed by atoms with Crippen molar-refractivity contribution in [3.8, 4) is 0 Å². The number of nitrogens with zero attached hydrogens (tertiary/aromatic N) is 2. The van der Waals surface area contributed by atoms with Gasteiger partial charge in [0.1, 0.15) is 0 Å². The van der Waals surface area contributed by atoms with Gasteiger partial charge in [0, 0.05) is 5.56 Å². The van der Waals surface area contributed by atoms with Gasteiger partial charge in [-0.1, -0.05) is 18.5 Å². The highest BCUT2D eigenvalue weighted by molar-refractivity contribution is 6.30. The fourth-order valence-electron chi connectivity index (χ4n) is 1.08. The van der Waals surface area contributed by atoms with E-state index in [1.807, 2.05) is 13.8 Å². The number of aromatic nitrogens is 2. The normalized spacial score (nSPS) is 10.0. The Bertz CT molecular complexity index is 287. The van der Waals surface area contributed by atoms with Crippen LogP contribution in [-0.2, 0) is 6.42 Å². The maximum Gasteiger partial charge on any atom is 0.165 e. The van der Waals surface area contributed by atoms with Gasteiger partial charge < -0.3 is 5.43 Å². The number of nitrogens with two attached hydrogens (primary N) is 1. The van der Waals surface area contributed by atoms with E-state index in [2.05, 4.69) is 15.6 Å². The van der Waals surface area contributed by atoms with Gasteiger partial charge in [0.2, 0.25) is 0 Å². The number of hydrogen-bond acceptors (Lipinski definition) is 4. The second-order valence-electron chi connectivity index (χ2n) is 2.44. The monoisotopic (exact) mass is 186 g/mol. The highest BCUT2D eigenvalue weighted by Gasteiger charge is 2.08. The van der Waals surface area contributed by atoms with E-state index < -0.39 is 0 Å². The highest BCUT2D eigenvalue weighted by Crippen LogP contribution is 2.21. The lowest BCUT2D eigenvalue weighted by atomic mass is 10.1. The predicted octanol–water partition coefficient (Wildman–Crippen LogP) is 1.29. The van der Waals surface area contributed by atoms with Crippen molar-refractivity contribution >= 4 is 17.4 Å². The van der Waals surface area contributed by atoms with E-state index >= 15 is 0 Å². The lowest BCUT2D eigenvalue weighted by molar-refractivity contribution is 0.957. The Labute approximate surface area is 76.1 Å². The standard InChI is InChI=1S/C7H11ClN4/c1-3-5-4(2)7(10-9)12-11-6(5)8/h3,9H2,1-2H3,(H,10,12). The Morgan fingerprint density at radius 1 is 1.50 bits per heavy atom. The first kappa shape index (κ1) is 9.22. The molecule has 66 valence electrons. The first-order valence-corrected chi connectivity index (χ1v) is 4.06. The van der Waals surface area contributed by atoms with Crippen LogP contribution in [0.3, 0.4) is 0 Å². The molecule has 0 radical (unpaired) electrons. The zero-order valence-corrected chi connectivity index (χ0v) is 7.81. The minimum absolute atomic E-state index is 0.453. The van der Waals surface area contributed by atoms with Crippen LogP contribution in [0.25, 0.3) is 0 Å². The number of nitrogen functional groups attached to an aromatic ring is 1. The van der Waals surface area contributed by atoms with Crippen LogP contribution >= 0.6 is 11.6 Å². The number of anilines is 1. The van der Waals surface area contributed by atoms with Gasteiger partial charge in [-0.25, -0.2) is 5.84 Å². The molecule has 0 spiro atoms. The highest BCUT2D eigenvalue weighted by atomic mass is 35.5. The minimum atomic E-state index is 0.453. The molecular weight excluding hydrogens is 176 g/mol. The molecule has 0 bridgehead atoms. The Kier molecular flexibility index (Phi) is 2.83. The summed E-state index contributed by atoms with van der Waals surface area (Å²) < 4.78 is 0. The summed E-state index contributed by atoms with van der Waals surface area (Å²) in [6, 6.07) is 0. The van der Waals surface area contributed by atoms with E-state index in [0.29, 0.717) is 11.0 Å². The smallest absolute Gasteiger partial charge is 0.165 e. The van der Waals surface area contributed by atoms with Gasteiger partial charge in [0.25, 0.3) is 0 Å². The van der Waals surface area contributed by atoms with E-state index in [9.17, 15) is 0 Å². The van der Waals surface area contributed by atoms with Crippen molar-refractivity contribution < 1.29 is 0 Å². The van der Waals surface area contributed by atoms with Crippen LogP contribution in [0.15, 0.2) is 0 Å². The number of halogens is 1. The summed E-state index contributed by atoms with van der Waals surface area (Å²) in [5.41, 5.74) is 4.41. The summed E-state index contributed by atoms with van der Waals surface area (Å²) in [4.78, 5) is 0. The van der Waals surface area contributed by atoms with Crippen molar-refractivity contribution in [3.63, 3.8) is 0 Å². The third-order valence-electron chi connectivity index (χ3n) is 1.78. The lowest BCUT2D eigenvalue weighted by Gasteiger charge is -2.07. The molecule has 0 aromatic carbocycles. The molecule has 1 rings (SSSR count). The Hall–Kier alpha value is -0.870. The zero-order valence-electron chi connectivity index (χ0n) is 7.06. The van der Waals surface area contributed by atoms with E-state index in [4.69, 9.17) is 17.4 Å². The van der Waals surface area contributed by atoms with Crippen LogP contribution in [0, 0.1) is 6.92 Å². The van der Waals surface area contributed by atoms with Crippen LogP contribution in [0.5, 0.6) is 0 Å². The lowest BCUT2D eigenvalue weighted by Crippen LogP contribution is -2.12. The molecule has 4 nitrogen and oxygen atoms in total. The average Bonchev–Trinajstić information content (AvgIpc) is 2.06. The molecule has 1 aromatic rings. The average molecular weight is 187 g/mol. The van der Waals surface area contributed by atoms with Gasteiger partial charge in [0.05, 0.1) is 0 Å². The molecule has 0 fully saturated rings. The molecule has 0 saturated carbocycles. The van der Waals surface area contributed by atoms with Gasteiger partial charge in [-0.15, -0.1) is 10.2 Å². The summed E-state index contributed by atoms with van der Waals surface area (Å²) in [5.74, 6) is 5.81. The maximum absolute atomic E-state index is 5.82. The van der Waals surface area contributed by atoms with Crippen LogP contribution in [-0.4, -0.2) is 10.2 Å². The maximum atomic E-state index is 5.82. The van der Waals surface area contributed by atoms with E-state index in [0.717, 1.165) is 17.5 Å². The number of rotatable bonds is 2. The topological polar surface area (TPSA) is 63.8 Å². The van der Waals surface area contributed by atoms with E-state index in [-0.39, 0.29) is 0 Å². The number of nitrogens with one attached hydrogen (secondary N) is 1. The minimum Gasteiger partial charge on any atom is -0.307 e. The molecular formula is C7H11ClN4. The SMILES string of the molecule is CCc1c(Cl)nnc(NN)c1C. The molecule has 0 aliphatic rings. The molecule has 0 amide bonds. The van der Waals surface area contributed by atoms with Gasteiger partial charge >= 0.3 is 0 Å². The zero-order chi connectivity index (χ0) is 9.14. The third-order valence-corrected chi connectivity index (χ3v) is 2.09. The summed E-state index contributed by atoms with van der Waals surface area (Å²) in [7, 11) is 0. The summed E-state index contributed by atoms with van der Waals surface area (Å²) >= 11 is 5.82. The molecule has 12 heavy (non-hydrogen) atoms. The number of hydrogen-bond donors (Lipinski definition) is 2. The molecule has 1 aromatic heterocycles. The fourth-order valence-corrected chi connectivity index (χ4v) is 1.39. The van der Waals surface area contributed by atoms with E-state index in [1.54, 1.807) is 0 Å². The van der Waals surface area contributed by atoms with Crippen molar-refractivity contribution in [2.45, 2.75) is 20.3 Å². The van der Waals surface area contributed by atoms with Crippen LogP contribution in [0.4, 0.5) is 5.82 Å². The van der Waals surface area contributed by atoms with Gasteiger partial charge in [-0.2, -0.15) is 0 Å². The quantitative estimate of drug-likeness (QED) is 0.540. The van der Waals surface area contributed by atoms with Crippen molar-refractivity contribution in [2.75, 3.05) is 5.43 Å². The molecule has 1 heterocycles. The number of hydrazine groups is 1. The van der Waals surface area contributed by atoms with Crippen molar-refractivity contribution in [3.05, 3.63) is 16.3 Å². The van der Waals surface area contributed by atoms with Crippen molar-refractivity contribution in [1.29, 1.82) is 0 Å². The van der Waals surface area contributed by atoms with Gasteiger partial charge in [-0.05, 0) is 18.9 Å². The Morgan fingerprint density at radius 2 is 2.17 bits per heavy atom. The first-order chi connectivity index (χ1) is 5.70. The Morgan fingerprint density at radius 3 is 2.67 bits per heavy atom. The third kappa shape index (κ3) is 1.49. The predicted molar refractivity (Wildman–Crippen MR) is 49.0 cm³/mol. The van der Waals surface area contributed by atoms with Crippen LogP contribution in [0.1, 0.15) is 18.1 Å². The van der Waals surface area contributed by atoms with Gasteiger partial charge in [-0.3, -0.25) is 0 Å². The molecule has 0 saturated heterocycles. The molecule has 5 heteroatoms. The summed E-state index contributed by atoms with van der Waals surface area (Å²) in [5, 5.41) is 7.99. The van der Waals surface area contributed by atoms with E-state index in [1.165, 1.54) is 0 Å². The van der Waals surface area contributed by atoms with Crippen molar-refractivity contribution in [2.24, 2.45) is 5.84 Å². The molecule has 3 N–H and O–H groups in total. The second kappa shape index (κ2) is 3.69. The largest absolute Gasteiger partial charge is 0.307 e. The second-order valence-corrected chi connectivity index (χ2v) is 2.80. The van der Waals surface area contributed by atoms with Crippen molar-refractivity contribution in [1.82, 2.24) is 10.2 Å². The first-order valence-electron chi connectivity index (χ1n) is 3.69. The summed E-state index contributed by atoms with van der Waals surface area (Å²) in [6.07, 6.45) is 0.828. The summed E-state index contributed by atoms with van der Waals surface area (Å²) in [6.45, 7) is 3.92.